The molecule has 1 aromatic rings. The summed E-state index contributed by atoms with van der Waals surface area (Å²) in [4.78, 5) is 3.87. The standard InChI is InChI=1S/C9H11N/c1-9(2,3)8-5-4-6-10-7-8/h5,7H,1-3H3. The molecule has 52 valence electrons. The van der Waals surface area contributed by atoms with E-state index in [1.165, 1.54) is 5.56 Å². The van der Waals surface area contributed by atoms with Gasteiger partial charge >= 0.3 is 0 Å². The topological polar surface area (TPSA) is 12.9 Å². The van der Waals surface area contributed by atoms with Gasteiger partial charge in [-0.3, -0.25) is 0 Å². The molecular weight excluding hydrogens is 122 g/mol. The molecule has 0 N–H and O–H groups in total. The normalized spacial score (nSPS) is 10.7. The number of hydrogen-bond acceptors (Lipinski definition) is 1. The van der Waals surface area contributed by atoms with E-state index < -0.39 is 0 Å². The predicted molar refractivity (Wildman–Crippen MR) is 40.6 cm³/mol. The Balaban J connectivity index is 2.97. The van der Waals surface area contributed by atoms with Gasteiger partial charge < -0.3 is 0 Å². The second kappa shape index (κ2) is 2.30. The fourth-order valence-electron chi connectivity index (χ4n) is 0.697. The number of rotatable bonds is 0. The fraction of sp³-hybridized carbons (Fsp3) is 0.444. The number of nitrogens with zero attached hydrogens (tertiary/aromatic N) is 1. The van der Waals surface area contributed by atoms with Crippen molar-refractivity contribution in [2.45, 2.75) is 26.2 Å². The molecule has 0 fully saturated rings. The highest BCUT2D eigenvalue weighted by atomic mass is 14.6. The van der Waals surface area contributed by atoms with Crippen molar-refractivity contribution >= 4 is 0 Å². The molecule has 0 saturated carbocycles. The van der Waals surface area contributed by atoms with Crippen LogP contribution in [0.5, 0.6) is 0 Å². The van der Waals surface area contributed by atoms with E-state index >= 15 is 0 Å². The zero-order valence-electron chi connectivity index (χ0n) is 6.60. The zero-order chi connectivity index (χ0) is 7.61. The first-order valence-corrected chi connectivity index (χ1v) is 3.35. The van der Waals surface area contributed by atoms with Crippen LogP contribution in [-0.4, -0.2) is 4.98 Å². The highest BCUT2D eigenvalue weighted by molar-refractivity contribution is 5.15. The van der Waals surface area contributed by atoms with Crippen LogP contribution in [0.3, 0.4) is 0 Å². The highest BCUT2D eigenvalue weighted by Gasteiger charge is 2.12. The molecule has 0 spiro atoms. The molecule has 1 rings (SSSR count). The summed E-state index contributed by atoms with van der Waals surface area (Å²) in [5.74, 6) is 0. The van der Waals surface area contributed by atoms with Crippen LogP contribution in [0.1, 0.15) is 26.3 Å². The second-order valence-electron chi connectivity index (χ2n) is 3.36. The molecule has 0 radical (unpaired) electrons. The highest BCUT2D eigenvalue weighted by Crippen LogP contribution is 2.19. The summed E-state index contributed by atoms with van der Waals surface area (Å²) in [6.45, 7) is 6.45. The predicted octanol–water partition coefficient (Wildman–Crippen LogP) is 1.98. The van der Waals surface area contributed by atoms with Gasteiger partial charge in [0.15, 0.2) is 0 Å². The molecule has 0 aliphatic carbocycles. The zero-order valence-corrected chi connectivity index (χ0v) is 6.60. The van der Waals surface area contributed by atoms with Crippen molar-refractivity contribution in [1.82, 2.24) is 4.98 Å². The minimum absolute atomic E-state index is 0.179. The van der Waals surface area contributed by atoms with Gasteiger partial charge in [-0.05, 0) is 23.1 Å². The van der Waals surface area contributed by atoms with Crippen LogP contribution < -0.4 is 0 Å². The first kappa shape index (κ1) is 7.08. The van der Waals surface area contributed by atoms with Gasteiger partial charge in [-0.1, -0.05) is 20.8 Å². The molecule has 0 aliphatic rings. The average Bonchev–Trinajstić information content (AvgIpc) is 1.88. The van der Waals surface area contributed by atoms with Crippen LogP contribution in [0.2, 0.25) is 0 Å². The van der Waals surface area contributed by atoms with E-state index in [1.54, 1.807) is 0 Å². The first-order chi connectivity index (χ1) is 4.61. The van der Waals surface area contributed by atoms with Crippen LogP contribution in [0.4, 0.5) is 0 Å². The quantitative estimate of drug-likeness (QED) is 0.527. The van der Waals surface area contributed by atoms with E-state index in [4.69, 9.17) is 0 Å². The molecule has 1 heterocycles. The van der Waals surface area contributed by atoms with Crippen molar-refractivity contribution < 1.29 is 0 Å². The van der Waals surface area contributed by atoms with Crippen molar-refractivity contribution in [1.29, 1.82) is 0 Å². The molecule has 0 aromatic carbocycles. The van der Waals surface area contributed by atoms with Gasteiger partial charge in [0.05, 0.1) is 0 Å². The Kier molecular flexibility index (Phi) is 1.63. The summed E-state index contributed by atoms with van der Waals surface area (Å²) in [6, 6.07) is 4.76. The third kappa shape index (κ3) is 1.48. The largest absolute Gasteiger partial charge is 0.205 e. The Hall–Kier alpha value is -1.03. The summed E-state index contributed by atoms with van der Waals surface area (Å²) >= 11 is 0. The summed E-state index contributed by atoms with van der Waals surface area (Å²) in [6.07, 6.45) is 4.46. The lowest BCUT2D eigenvalue weighted by molar-refractivity contribution is 0.588. The fourth-order valence-corrected chi connectivity index (χ4v) is 0.697. The minimum Gasteiger partial charge on any atom is -0.205 e. The SMILES string of the molecule is CC(C)(C)c1cc#cnc1. The van der Waals surface area contributed by atoms with Crippen LogP contribution in [0.15, 0.2) is 12.3 Å². The van der Waals surface area contributed by atoms with Crippen molar-refractivity contribution in [2.24, 2.45) is 0 Å². The molecule has 1 nitrogen and oxygen atoms in total. The molecule has 0 unspecified atom stereocenters. The lowest BCUT2D eigenvalue weighted by Crippen LogP contribution is -2.10. The minimum atomic E-state index is 0.179. The van der Waals surface area contributed by atoms with E-state index in [9.17, 15) is 0 Å². The van der Waals surface area contributed by atoms with Gasteiger partial charge in [0.2, 0.25) is 0 Å². The third-order valence-electron chi connectivity index (χ3n) is 1.43. The lowest BCUT2D eigenvalue weighted by Gasteiger charge is -2.16. The van der Waals surface area contributed by atoms with E-state index in [0.717, 1.165) is 0 Å². The van der Waals surface area contributed by atoms with Crippen molar-refractivity contribution in [3.05, 3.63) is 30.1 Å². The van der Waals surface area contributed by atoms with Gasteiger partial charge in [0.1, 0.15) is 0 Å². The molecule has 1 heteroatoms. The van der Waals surface area contributed by atoms with Crippen molar-refractivity contribution in [3.8, 4) is 0 Å². The van der Waals surface area contributed by atoms with Gasteiger partial charge in [-0.2, -0.15) is 0 Å². The summed E-state index contributed by atoms with van der Waals surface area (Å²) < 4.78 is 0. The average molecular weight is 133 g/mol. The molecule has 0 bridgehead atoms. The Morgan fingerprint density at radius 2 is 2.10 bits per heavy atom. The Morgan fingerprint density at radius 1 is 1.40 bits per heavy atom. The van der Waals surface area contributed by atoms with Crippen LogP contribution in [0.25, 0.3) is 0 Å². The van der Waals surface area contributed by atoms with Gasteiger partial charge in [-0.25, -0.2) is 4.98 Å². The maximum absolute atomic E-state index is 3.87. The van der Waals surface area contributed by atoms with Crippen molar-refractivity contribution in [2.75, 3.05) is 0 Å². The maximum atomic E-state index is 3.87. The lowest BCUT2D eigenvalue weighted by atomic mass is 9.89. The van der Waals surface area contributed by atoms with Crippen LogP contribution in [-0.2, 0) is 5.41 Å². The molecule has 0 aliphatic heterocycles. The maximum Gasteiger partial charge on any atom is 0.0419 e. The van der Waals surface area contributed by atoms with E-state index in [2.05, 4.69) is 38.0 Å². The molecule has 0 atom stereocenters. The summed E-state index contributed by atoms with van der Waals surface area (Å²) in [7, 11) is 0. The smallest absolute Gasteiger partial charge is 0.0419 e. The van der Waals surface area contributed by atoms with E-state index in [1.807, 2.05) is 12.3 Å². The second-order valence-corrected chi connectivity index (χ2v) is 3.36. The number of hydrogen-bond donors (Lipinski definition) is 0. The Morgan fingerprint density at radius 3 is 2.40 bits per heavy atom. The third-order valence-corrected chi connectivity index (χ3v) is 1.43. The summed E-state index contributed by atoms with van der Waals surface area (Å²) in [5.41, 5.74) is 1.38. The molecule has 10 heavy (non-hydrogen) atoms. The number of aromatic nitrogens is 1. The molecule has 1 aromatic heterocycles. The Labute approximate surface area is 62.1 Å². The van der Waals surface area contributed by atoms with E-state index in [0.29, 0.717) is 0 Å². The van der Waals surface area contributed by atoms with Gasteiger partial charge in [0, 0.05) is 12.4 Å². The molecular formula is C9H11N. The first-order valence-electron chi connectivity index (χ1n) is 3.35. The van der Waals surface area contributed by atoms with Gasteiger partial charge in [0.25, 0.3) is 0 Å². The molecule has 0 saturated heterocycles. The van der Waals surface area contributed by atoms with Crippen molar-refractivity contribution in [3.63, 3.8) is 0 Å². The van der Waals surface area contributed by atoms with Crippen LogP contribution >= 0.6 is 0 Å². The summed E-state index contributed by atoms with van der Waals surface area (Å²) in [5, 5.41) is 0. The molecule has 0 amide bonds. The van der Waals surface area contributed by atoms with Gasteiger partial charge in [-0.15, -0.1) is 0 Å². The monoisotopic (exact) mass is 133 g/mol. The Bertz CT molecular complexity index is 196. The van der Waals surface area contributed by atoms with Crippen LogP contribution in [0, 0.1) is 12.3 Å². The van der Waals surface area contributed by atoms with E-state index in [-0.39, 0.29) is 5.41 Å².